The van der Waals surface area contributed by atoms with Crippen molar-refractivity contribution >= 4 is 5.95 Å². The summed E-state index contributed by atoms with van der Waals surface area (Å²) >= 11 is 0. The zero-order chi connectivity index (χ0) is 15.2. The average molecular weight is 298 g/mol. The third kappa shape index (κ3) is 3.93. The summed E-state index contributed by atoms with van der Waals surface area (Å²) in [7, 11) is 0. The van der Waals surface area contributed by atoms with Gasteiger partial charge in [0.15, 0.2) is 0 Å². The van der Waals surface area contributed by atoms with Gasteiger partial charge in [-0.25, -0.2) is 0 Å². The molecule has 0 bridgehead atoms. The first-order chi connectivity index (χ1) is 10.8. The van der Waals surface area contributed by atoms with Crippen LogP contribution in [0, 0.1) is 6.92 Å². The van der Waals surface area contributed by atoms with Crippen LogP contribution in [0.5, 0.6) is 6.01 Å². The lowest BCUT2D eigenvalue weighted by Gasteiger charge is -2.26. The highest BCUT2D eigenvalue weighted by Crippen LogP contribution is 2.17. The molecule has 2 aromatic rings. The second kappa shape index (κ2) is 7.20. The normalized spacial score (nSPS) is 14.9. The Labute approximate surface area is 131 Å². The molecular weight excluding hydrogens is 276 g/mol. The molecule has 1 aliphatic rings. The highest BCUT2D eigenvalue weighted by atomic mass is 16.5. The second-order valence-corrected chi connectivity index (χ2v) is 5.60. The fourth-order valence-electron chi connectivity index (χ4n) is 2.65. The minimum absolute atomic E-state index is 0.434. The Bertz CT molecular complexity index is 597. The van der Waals surface area contributed by atoms with E-state index in [4.69, 9.17) is 4.74 Å². The SMILES string of the molecule is Cc1nc(OCCc2ccccc2)nc(N2CCCCC2)n1. The molecule has 1 aromatic carbocycles. The quantitative estimate of drug-likeness (QED) is 0.849. The summed E-state index contributed by atoms with van der Waals surface area (Å²) in [6.07, 6.45) is 4.55. The van der Waals surface area contributed by atoms with Crippen molar-refractivity contribution in [3.8, 4) is 6.01 Å². The van der Waals surface area contributed by atoms with E-state index >= 15 is 0 Å². The van der Waals surface area contributed by atoms with Gasteiger partial charge < -0.3 is 9.64 Å². The van der Waals surface area contributed by atoms with Crippen LogP contribution in [0.25, 0.3) is 0 Å². The van der Waals surface area contributed by atoms with Gasteiger partial charge >= 0.3 is 6.01 Å². The summed E-state index contributed by atoms with van der Waals surface area (Å²) in [6, 6.07) is 10.7. The van der Waals surface area contributed by atoms with Crippen LogP contribution in [0.2, 0.25) is 0 Å². The molecule has 5 heteroatoms. The Balaban J connectivity index is 1.62. The molecule has 1 aromatic heterocycles. The maximum absolute atomic E-state index is 5.73. The van der Waals surface area contributed by atoms with Crippen molar-refractivity contribution < 1.29 is 4.74 Å². The van der Waals surface area contributed by atoms with E-state index < -0.39 is 0 Å². The lowest BCUT2D eigenvalue weighted by Crippen LogP contribution is -2.31. The van der Waals surface area contributed by atoms with E-state index in [0.29, 0.717) is 18.4 Å². The van der Waals surface area contributed by atoms with Gasteiger partial charge in [-0.05, 0) is 31.7 Å². The molecule has 0 aliphatic carbocycles. The Kier molecular flexibility index (Phi) is 4.83. The summed E-state index contributed by atoms with van der Waals surface area (Å²) in [5.74, 6) is 1.46. The van der Waals surface area contributed by atoms with Crippen LogP contribution in [0.3, 0.4) is 0 Å². The van der Waals surface area contributed by atoms with Crippen molar-refractivity contribution in [2.75, 3.05) is 24.6 Å². The molecule has 2 heterocycles. The topological polar surface area (TPSA) is 51.1 Å². The molecule has 1 fully saturated rings. The number of ether oxygens (including phenoxy) is 1. The van der Waals surface area contributed by atoms with Crippen LogP contribution in [-0.2, 0) is 6.42 Å². The number of nitrogens with zero attached hydrogens (tertiary/aromatic N) is 4. The zero-order valence-electron chi connectivity index (χ0n) is 13.0. The van der Waals surface area contributed by atoms with Crippen LogP contribution >= 0.6 is 0 Å². The van der Waals surface area contributed by atoms with Crippen LogP contribution in [0.15, 0.2) is 30.3 Å². The van der Waals surface area contributed by atoms with E-state index in [9.17, 15) is 0 Å². The van der Waals surface area contributed by atoms with Gasteiger partial charge in [-0.1, -0.05) is 30.3 Å². The summed E-state index contributed by atoms with van der Waals surface area (Å²) in [4.78, 5) is 15.4. The fraction of sp³-hybridized carbons (Fsp3) is 0.471. The molecule has 0 amide bonds. The third-order valence-corrected chi connectivity index (χ3v) is 3.82. The number of hydrogen-bond acceptors (Lipinski definition) is 5. The van der Waals surface area contributed by atoms with Gasteiger partial charge in [-0.15, -0.1) is 0 Å². The van der Waals surface area contributed by atoms with Crippen LogP contribution in [0.4, 0.5) is 5.95 Å². The van der Waals surface area contributed by atoms with Gasteiger partial charge in [-0.2, -0.15) is 15.0 Å². The minimum atomic E-state index is 0.434. The average Bonchev–Trinajstić information content (AvgIpc) is 2.56. The summed E-state index contributed by atoms with van der Waals surface area (Å²) in [5.41, 5.74) is 1.25. The molecule has 0 saturated carbocycles. The fourth-order valence-corrected chi connectivity index (χ4v) is 2.65. The van der Waals surface area contributed by atoms with Gasteiger partial charge in [0.2, 0.25) is 5.95 Å². The van der Waals surface area contributed by atoms with E-state index in [-0.39, 0.29) is 0 Å². The van der Waals surface area contributed by atoms with Gasteiger partial charge in [0.1, 0.15) is 5.82 Å². The summed E-state index contributed by atoms with van der Waals surface area (Å²) in [6.45, 7) is 4.51. The molecular formula is C17H22N4O. The number of anilines is 1. The van der Waals surface area contributed by atoms with Crippen molar-refractivity contribution in [1.29, 1.82) is 0 Å². The molecule has 0 atom stereocenters. The smallest absolute Gasteiger partial charge is 0.321 e. The van der Waals surface area contributed by atoms with Crippen LogP contribution in [0.1, 0.15) is 30.7 Å². The molecule has 3 rings (SSSR count). The van der Waals surface area contributed by atoms with Gasteiger partial charge in [-0.3, -0.25) is 0 Å². The highest BCUT2D eigenvalue weighted by molar-refractivity contribution is 5.31. The van der Waals surface area contributed by atoms with E-state index in [2.05, 4.69) is 32.0 Å². The standard InChI is InChI=1S/C17H22N4O/c1-14-18-16(21-11-6-3-7-12-21)20-17(19-14)22-13-10-15-8-4-2-5-9-15/h2,4-5,8-9H,3,6-7,10-13H2,1H3. The first-order valence-corrected chi connectivity index (χ1v) is 7.95. The van der Waals surface area contributed by atoms with Gasteiger partial charge in [0.25, 0.3) is 0 Å². The monoisotopic (exact) mass is 298 g/mol. The van der Waals surface area contributed by atoms with E-state index in [0.717, 1.165) is 25.5 Å². The first kappa shape index (κ1) is 14.8. The van der Waals surface area contributed by atoms with Gasteiger partial charge in [0, 0.05) is 19.5 Å². The van der Waals surface area contributed by atoms with E-state index in [1.54, 1.807) is 0 Å². The first-order valence-electron chi connectivity index (χ1n) is 7.95. The maximum Gasteiger partial charge on any atom is 0.321 e. The van der Waals surface area contributed by atoms with E-state index in [1.165, 1.54) is 24.8 Å². The van der Waals surface area contributed by atoms with Crippen molar-refractivity contribution in [1.82, 2.24) is 15.0 Å². The molecule has 0 unspecified atom stereocenters. The predicted octanol–water partition coefficient (Wildman–Crippen LogP) is 2.79. The zero-order valence-corrected chi connectivity index (χ0v) is 13.0. The lowest BCUT2D eigenvalue weighted by molar-refractivity contribution is 0.294. The number of aryl methyl sites for hydroxylation is 1. The van der Waals surface area contributed by atoms with Crippen LogP contribution in [-0.4, -0.2) is 34.6 Å². The molecule has 0 radical (unpaired) electrons. The highest BCUT2D eigenvalue weighted by Gasteiger charge is 2.15. The second-order valence-electron chi connectivity index (χ2n) is 5.60. The minimum Gasteiger partial charge on any atom is -0.463 e. The number of aromatic nitrogens is 3. The van der Waals surface area contributed by atoms with Crippen molar-refractivity contribution in [2.45, 2.75) is 32.6 Å². The maximum atomic E-state index is 5.73. The van der Waals surface area contributed by atoms with Gasteiger partial charge in [0.05, 0.1) is 6.61 Å². The number of benzene rings is 1. The molecule has 22 heavy (non-hydrogen) atoms. The lowest BCUT2D eigenvalue weighted by atomic mass is 10.1. The third-order valence-electron chi connectivity index (χ3n) is 3.82. The Hall–Kier alpha value is -2.17. The molecule has 116 valence electrons. The Morgan fingerprint density at radius 1 is 1.00 bits per heavy atom. The molecule has 5 nitrogen and oxygen atoms in total. The van der Waals surface area contributed by atoms with E-state index in [1.807, 2.05) is 25.1 Å². The molecule has 1 aliphatic heterocycles. The van der Waals surface area contributed by atoms with Crippen molar-refractivity contribution in [3.05, 3.63) is 41.7 Å². The number of hydrogen-bond donors (Lipinski definition) is 0. The Morgan fingerprint density at radius 3 is 2.55 bits per heavy atom. The number of rotatable bonds is 5. The number of piperidine rings is 1. The molecule has 0 spiro atoms. The largest absolute Gasteiger partial charge is 0.463 e. The van der Waals surface area contributed by atoms with Crippen molar-refractivity contribution in [3.63, 3.8) is 0 Å². The summed E-state index contributed by atoms with van der Waals surface area (Å²) < 4.78 is 5.73. The summed E-state index contributed by atoms with van der Waals surface area (Å²) in [5, 5.41) is 0. The predicted molar refractivity (Wildman–Crippen MR) is 86.3 cm³/mol. The molecule has 1 saturated heterocycles. The van der Waals surface area contributed by atoms with Crippen molar-refractivity contribution in [2.24, 2.45) is 0 Å². The van der Waals surface area contributed by atoms with Crippen LogP contribution < -0.4 is 9.64 Å². The Morgan fingerprint density at radius 2 is 1.77 bits per heavy atom. The molecule has 0 N–H and O–H groups in total.